The van der Waals surface area contributed by atoms with Crippen molar-refractivity contribution < 1.29 is 8.42 Å². The van der Waals surface area contributed by atoms with Gasteiger partial charge in [0.2, 0.25) is 0 Å². The standard InChI is InChI=1S/C13H11ClN2O2S/c14-10-5-3-7-15-13(10)16-11-8-19(17,18)12-6-2-1-4-9(11)12/h1-7,11H,8H2,(H,15,16). The Morgan fingerprint density at radius 2 is 2.00 bits per heavy atom. The third kappa shape index (κ3) is 2.19. The van der Waals surface area contributed by atoms with E-state index in [-0.39, 0.29) is 11.8 Å². The van der Waals surface area contributed by atoms with Crippen LogP contribution in [0.1, 0.15) is 11.6 Å². The van der Waals surface area contributed by atoms with Crippen LogP contribution < -0.4 is 5.32 Å². The number of hydrogen-bond acceptors (Lipinski definition) is 4. The highest BCUT2D eigenvalue weighted by Gasteiger charge is 2.34. The molecule has 4 nitrogen and oxygen atoms in total. The van der Waals surface area contributed by atoms with Gasteiger partial charge in [0.15, 0.2) is 9.84 Å². The molecule has 0 bridgehead atoms. The summed E-state index contributed by atoms with van der Waals surface area (Å²) in [6.07, 6.45) is 1.61. The minimum absolute atomic E-state index is 0.0270. The third-order valence-electron chi connectivity index (χ3n) is 3.08. The van der Waals surface area contributed by atoms with E-state index in [1.807, 2.05) is 12.1 Å². The molecule has 2 heterocycles. The van der Waals surface area contributed by atoms with Crippen molar-refractivity contribution >= 4 is 27.3 Å². The van der Waals surface area contributed by atoms with Crippen molar-refractivity contribution in [3.05, 3.63) is 53.2 Å². The molecule has 98 valence electrons. The van der Waals surface area contributed by atoms with Gasteiger partial charge in [-0.2, -0.15) is 0 Å². The van der Waals surface area contributed by atoms with Crippen molar-refractivity contribution in [3.8, 4) is 0 Å². The molecule has 0 amide bonds. The summed E-state index contributed by atoms with van der Waals surface area (Å²) in [6, 6.07) is 10.1. The minimum Gasteiger partial charge on any atom is -0.361 e. The van der Waals surface area contributed by atoms with Crippen LogP contribution in [0.15, 0.2) is 47.5 Å². The molecule has 1 aliphatic heterocycles. The average Bonchev–Trinajstić information content (AvgIpc) is 2.65. The van der Waals surface area contributed by atoms with E-state index >= 15 is 0 Å². The number of sulfone groups is 1. The van der Waals surface area contributed by atoms with Crippen molar-refractivity contribution in [2.24, 2.45) is 0 Å². The van der Waals surface area contributed by atoms with Gasteiger partial charge in [-0.25, -0.2) is 13.4 Å². The van der Waals surface area contributed by atoms with Crippen LogP contribution in [0.2, 0.25) is 5.02 Å². The zero-order chi connectivity index (χ0) is 13.5. The van der Waals surface area contributed by atoms with Gasteiger partial charge < -0.3 is 5.32 Å². The molecule has 6 heteroatoms. The fourth-order valence-electron chi connectivity index (χ4n) is 2.23. The van der Waals surface area contributed by atoms with Crippen LogP contribution in [0.3, 0.4) is 0 Å². The largest absolute Gasteiger partial charge is 0.361 e. The maximum absolute atomic E-state index is 12.0. The second-order valence-corrected chi connectivity index (χ2v) is 6.76. The molecule has 0 saturated heterocycles. The van der Waals surface area contributed by atoms with E-state index in [9.17, 15) is 8.42 Å². The number of anilines is 1. The summed E-state index contributed by atoms with van der Waals surface area (Å²) in [7, 11) is -3.22. The number of hydrogen-bond donors (Lipinski definition) is 1. The predicted octanol–water partition coefficient (Wildman–Crippen LogP) is 2.68. The molecule has 3 rings (SSSR count). The van der Waals surface area contributed by atoms with Gasteiger partial charge in [0.05, 0.1) is 21.7 Å². The van der Waals surface area contributed by atoms with Gasteiger partial charge >= 0.3 is 0 Å². The highest BCUT2D eigenvalue weighted by Crippen LogP contribution is 2.35. The molecule has 0 fully saturated rings. The zero-order valence-corrected chi connectivity index (χ0v) is 11.4. The smallest absolute Gasteiger partial charge is 0.181 e. The van der Waals surface area contributed by atoms with Crippen molar-refractivity contribution in [2.45, 2.75) is 10.9 Å². The molecule has 1 aliphatic rings. The maximum Gasteiger partial charge on any atom is 0.181 e. The van der Waals surface area contributed by atoms with E-state index in [1.54, 1.807) is 30.5 Å². The summed E-state index contributed by atoms with van der Waals surface area (Å²) in [5, 5.41) is 3.57. The molecule has 19 heavy (non-hydrogen) atoms. The lowest BCUT2D eigenvalue weighted by atomic mass is 10.1. The highest BCUT2D eigenvalue weighted by atomic mass is 35.5. The van der Waals surface area contributed by atoms with Gasteiger partial charge in [0.25, 0.3) is 0 Å². The van der Waals surface area contributed by atoms with Gasteiger partial charge in [0.1, 0.15) is 5.82 Å². The van der Waals surface area contributed by atoms with Crippen molar-refractivity contribution in [3.63, 3.8) is 0 Å². The van der Waals surface area contributed by atoms with Crippen LogP contribution >= 0.6 is 11.6 Å². The number of nitrogens with one attached hydrogen (secondary N) is 1. The molecule has 1 atom stereocenters. The van der Waals surface area contributed by atoms with Crippen LogP contribution in [0.25, 0.3) is 0 Å². The molecule has 2 aromatic rings. The Morgan fingerprint density at radius 1 is 1.21 bits per heavy atom. The summed E-state index contributed by atoms with van der Waals surface area (Å²) in [4.78, 5) is 4.51. The topological polar surface area (TPSA) is 59.1 Å². The van der Waals surface area contributed by atoms with Gasteiger partial charge in [-0.3, -0.25) is 0 Å². The van der Waals surface area contributed by atoms with Crippen LogP contribution in [0.5, 0.6) is 0 Å². The second-order valence-electron chi connectivity index (χ2n) is 4.35. The lowest BCUT2D eigenvalue weighted by Crippen LogP contribution is -2.14. The molecule has 1 unspecified atom stereocenters. The van der Waals surface area contributed by atoms with E-state index in [0.717, 1.165) is 5.56 Å². The first kappa shape index (κ1) is 12.4. The number of halogens is 1. The molecule has 1 aromatic heterocycles. The molecular weight excluding hydrogens is 284 g/mol. The summed E-state index contributed by atoms with van der Waals surface area (Å²) in [6.45, 7) is 0. The van der Waals surface area contributed by atoms with Crippen LogP contribution in [0, 0.1) is 0 Å². The number of benzene rings is 1. The Morgan fingerprint density at radius 3 is 2.79 bits per heavy atom. The number of fused-ring (bicyclic) bond motifs is 1. The maximum atomic E-state index is 12.0. The Hall–Kier alpha value is -1.59. The monoisotopic (exact) mass is 294 g/mol. The van der Waals surface area contributed by atoms with E-state index in [1.165, 1.54) is 0 Å². The molecule has 0 radical (unpaired) electrons. The van der Waals surface area contributed by atoms with Crippen LogP contribution in [-0.4, -0.2) is 19.2 Å². The van der Waals surface area contributed by atoms with Gasteiger partial charge in [-0.1, -0.05) is 29.8 Å². The Kier molecular flexibility index (Phi) is 2.95. The lowest BCUT2D eigenvalue weighted by Gasteiger charge is -2.14. The minimum atomic E-state index is -3.22. The highest BCUT2D eigenvalue weighted by molar-refractivity contribution is 7.91. The molecule has 1 aromatic carbocycles. The SMILES string of the molecule is O=S1(=O)CC(Nc2ncccc2Cl)c2ccccc21. The van der Waals surface area contributed by atoms with Crippen molar-refractivity contribution in [1.82, 2.24) is 4.98 Å². The summed E-state index contributed by atoms with van der Waals surface area (Å²) in [5.74, 6) is 0.528. The lowest BCUT2D eigenvalue weighted by molar-refractivity contribution is 0.598. The van der Waals surface area contributed by atoms with Gasteiger partial charge in [-0.05, 0) is 23.8 Å². The van der Waals surface area contributed by atoms with E-state index in [4.69, 9.17) is 11.6 Å². The molecule has 0 spiro atoms. The first-order valence-corrected chi connectivity index (χ1v) is 7.80. The first-order valence-electron chi connectivity index (χ1n) is 5.77. The van der Waals surface area contributed by atoms with E-state index < -0.39 is 9.84 Å². The Labute approximate surface area is 116 Å². The Bertz CT molecular complexity index is 731. The zero-order valence-electron chi connectivity index (χ0n) is 9.88. The van der Waals surface area contributed by atoms with E-state index in [0.29, 0.717) is 15.7 Å². The molecule has 0 saturated carbocycles. The average molecular weight is 295 g/mol. The van der Waals surface area contributed by atoms with Crippen LogP contribution in [0.4, 0.5) is 5.82 Å². The van der Waals surface area contributed by atoms with Gasteiger partial charge in [0, 0.05) is 6.20 Å². The van der Waals surface area contributed by atoms with Gasteiger partial charge in [-0.15, -0.1) is 0 Å². The van der Waals surface area contributed by atoms with Crippen molar-refractivity contribution in [2.75, 3.05) is 11.1 Å². The fourth-order valence-corrected chi connectivity index (χ4v) is 4.14. The number of aromatic nitrogens is 1. The summed E-state index contributed by atoms with van der Waals surface area (Å²) < 4.78 is 24.1. The molecule has 1 N–H and O–H groups in total. The quantitative estimate of drug-likeness (QED) is 0.925. The predicted molar refractivity (Wildman–Crippen MR) is 74.1 cm³/mol. The number of rotatable bonds is 2. The molecular formula is C13H11ClN2O2S. The first-order chi connectivity index (χ1) is 9.08. The number of pyridine rings is 1. The normalized spacial score (nSPS) is 19.9. The van der Waals surface area contributed by atoms with Crippen LogP contribution in [-0.2, 0) is 9.84 Å². The van der Waals surface area contributed by atoms with E-state index in [2.05, 4.69) is 10.3 Å². The third-order valence-corrected chi connectivity index (χ3v) is 5.20. The fraction of sp³-hybridized carbons (Fsp3) is 0.154. The Balaban J connectivity index is 1.99. The second kappa shape index (κ2) is 4.51. The number of nitrogens with zero attached hydrogens (tertiary/aromatic N) is 1. The van der Waals surface area contributed by atoms with Crippen molar-refractivity contribution in [1.29, 1.82) is 0 Å². The summed E-state index contributed by atoms with van der Waals surface area (Å²) >= 11 is 6.03. The molecule has 0 aliphatic carbocycles. The summed E-state index contributed by atoms with van der Waals surface area (Å²) in [5.41, 5.74) is 0.768.